The molecule has 8 heteroatoms. The van der Waals surface area contributed by atoms with Gasteiger partial charge in [-0.15, -0.1) is 0 Å². The lowest BCUT2D eigenvalue weighted by molar-refractivity contribution is -0.173. The maximum atomic E-state index is 11.9. The highest BCUT2D eigenvalue weighted by molar-refractivity contribution is 14.1. The van der Waals surface area contributed by atoms with Crippen molar-refractivity contribution in [2.75, 3.05) is 13.2 Å². The van der Waals surface area contributed by atoms with E-state index in [1.165, 1.54) is 0 Å². The molecular formula is C12H15ClF3IN2O. The predicted molar refractivity (Wildman–Crippen MR) is 78.9 cm³/mol. The molecule has 1 heterocycles. The lowest BCUT2D eigenvalue weighted by Gasteiger charge is -2.11. The maximum absolute atomic E-state index is 11.9. The zero-order chi connectivity index (χ0) is 15.3. The first-order valence-corrected chi connectivity index (χ1v) is 7.50. The van der Waals surface area contributed by atoms with Crippen LogP contribution in [0.1, 0.15) is 25.4 Å². The second kappa shape index (κ2) is 7.74. The minimum absolute atomic E-state index is 0.0858. The summed E-state index contributed by atoms with van der Waals surface area (Å²) in [6, 6.07) is 0. The van der Waals surface area contributed by atoms with Crippen LogP contribution in [0.2, 0.25) is 5.15 Å². The summed E-state index contributed by atoms with van der Waals surface area (Å²) in [4.78, 5) is 8.40. The van der Waals surface area contributed by atoms with E-state index in [4.69, 9.17) is 11.6 Å². The summed E-state index contributed by atoms with van der Waals surface area (Å²) in [6.45, 7) is 2.76. The number of hydrogen-bond donors (Lipinski definition) is 0. The van der Waals surface area contributed by atoms with Crippen molar-refractivity contribution in [3.8, 4) is 0 Å². The molecular weight excluding hydrogens is 407 g/mol. The zero-order valence-electron chi connectivity index (χ0n) is 11.1. The van der Waals surface area contributed by atoms with Crippen LogP contribution in [0.5, 0.6) is 0 Å². The van der Waals surface area contributed by atoms with Crippen LogP contribution < -0.4 is 0 Å². The third kappa shape index (κ3) is 6.53. The Morgan fingerprint density at radius 3 is 2.50 bits per heavy atom. The van der Waals surface area contributed by atoms with Crippen LogP contribution in [-0.4, -0.2) is 29.4 Å². The average Bonchev–Trinajstić information content (AvgIpc) is 2.29. The fourth-order valence-corrected chi connectivity index (χ4v) is 2.16. The Kier molecular flexibility index (Phi) is 6.93. The standard InChI is InChI=1S/C12H15ClF3IN2O/c1-7(2)5-8-10(17)11(13)19-9(18-8)3-4-20-6-12(14,15)16/h7H,3-6H2,1-2H3. The van der Waals surface area contributed by atoms with Crippen LogP contribution in [0, 0.1) is 9.49 Å². The number of alkyl halides is 3. The maximum Gasteiger partial charge on any atom is 0.411 e. The van der Waals surface area contributed by atoms with E-state index in [0.717, 1.165) is 15.7 Å². The van der Waals surface area contributed by atoms with Crippen LogP contribution >= 0.6 is 34.2 Å². The van der Waals surface area contributed by atoms with Crippen molar-refractivity contribution in [3.63, 3.8) is 0 Å². The lowest BCUT2D eigenvalue weighted by atomic mass is 10.1. The van der Waals surface area contributed by atoms with Gasteiger partial charge < -0.3 is 4.74 Å². The summed E-state index contributed by atoms with van der Waals surface area (Å²) >= 11 is 8.08. The summed E-state index contributed by atoms with van der Waals surface area (Å²) in [5.41, 5.74) is 0.825. The molecule has 20 heavy (non-hydrogen) atoms. The fourth-order valence-electron chi connectivity index (χ4n) is 1.50. The Labute approximate surface area is 134 Å². The molecule has 3 nitrogen and oxygen atoms in total. The van der Waals surface area contributed by atoms with E-state index in [-0.39, 0.29) is 13.0 Å². The Hall–Kier alpha value is -0.150. The first kappa shape index (κ1) is 17.9. The highest BCUT2D eigenvalue weighted by atomic mass is 127. The highest BCUT2D eigenvalue weighted by Gasteiger charge is 2.27. The van der Waals surface area contributed by atoms with Gasteiger partial charge in [-0.05, 0) is 34.9 Å². The van der Waals surface area contributed by atoms with Crippen molar-refractivity contribution in [2.24, 2.45) is 5.92 Å². The molecule has 0 aliphatic rings. The molecule has 0 atom stereocenters. The number of ether oxygens (including phenoxy) is 1. The summed E-state index contributed by atoms with van der Waals surface area (Å²) < 4.78 is 41.1. The third-order valence-electron chi connectivity index (χ3n) is 2.26. The largest absolute Gasteiger partial charge is 0.411 e. The second-order valence-electron chi connectivity index (χ2n) is 4.71. The molecule has 0 amide bonds. The highest BCUT2D eigenvalue weighted by Crippen LogP contribution is 2.21. The summed E-state index contributed by atoms with van der Waals surface area (Å²) in [7, 11) is 0. The van der Waals surface area contributed by atoms with E-state index < -0.39 is 12.8 Å². The van der Waals surface area contributed by atoms with Crippen molar-refractivity contribution in [2.45, 2.75) is 32.9 Å². The van der Waals surface area contributed by atoms with Crippen LogP contribution in [0.25, 0.3) is 0 Å². The Morgan fingerprint density at radius 1 is 1.30 bits per heavy atom. The molecule has 0 aliphatic heterocycles. The molecule has 1 aromatic heterocycles. The molecule has 0 aliphatic carbocycles. The normalized spacial score (nSPS) is 12.2. The molecule has 0 fully saturated rings. The van der Waals surface area contributed by atoms with Gasteiger partial charge in [0, 0.05) is 6.42 Å². The Morgan fingerprint density at radius 2 is 1.95 bits per heavy atom. The van der Waals surface area contributed by atoms with E-state index in [1.54, 1.807) is 0 Å². The first-order chi connectivity index (χ1) is 9.19. The van der Waals surface area contributed by atoms with Gasteiger partial charge >= 0.3 is 6.18 Å². The molecule has 0 unspecified atom stereocenters. The molecule has 0 spiro atoms. The average molecular weight is 423 g/mol. The number of hydrogen-bond acceptors (Lipinski definition) is 3. The molecule has 114 valence electrons. The van der Waals surface area contributed by atoms with Gasteiger partial charge in [-0.1, -0.05) is 25.4 Å². The van der Waals surface area contributed by atoms with Crippen molar-refractivity contribution in [1.29, 1.82) is 0 Å². The fraction of sp³-hybridized carbons (Fsp3) is 0.667. The topological polar surface area (TPSA) is 35.0 Å². The number of nitrogens with zero attached hydrogens (tertiary/aromatic N) is 2. The SMILES string of the molecule is CC(C)Cc1nc(CCOCC(F)(F)F)nc(Cl)c1I. The number of aromatic nitrogens is 2. The Balaban J connectivity index is 2.64. The number of rotatable bonds is 6. The van der Waals surface area contributed by atoms with Crippen molar-refractivity contribution in [3.05, 3.63) is 20.2 Å². The van der Waals surface area contributed by atoms with Gasteiger partial charge in [-0.2, -0.15) is 13.2 Å². The third-order valence-corrected chi connectivity index (χ3v) is 3.99. The lowest BCUT2D eigenvalue weighted by Crippen LogP contribution is -2.18. The van der Waals surface area contributed by atoms with Crippen LogP contribution in [-0.2, 0) is 17.6 Å². The van der Waals surface area contributed by atoms with Crippen molar-refractivity contribution < 1.29 is 17.9 Å². The molecule has 0 radical (unpaired) electrons. The summed E-state index contributed by atoms with van der Waals surface area (Å²) in [5.74, 6) is 0.817. The van der Waals surface area contributed by atoms with E-state index >= 15 is 0 Å². The molecule has 0 aromatic carbocycles. The molecule has 1 aromatic rings. The van der Waals surface area contributed by atoms with Gasteiger partial charge in [0.25, 0.3) is 0 Å². The van der Waals surface area contributed by atoms with E-state index in [0.29, 0.717) is 16.9 Å². The zero-order valence-corrected chi connectivity index (χ0v) is 14.0. The number of halogens is 5. The van der Waals surface area contributed by atoms with Gasteiger partial charge in [0.2, 0.25) is 0 Å². The van der Waals surface area contributed by atoms with E-state index in [1.807, 2.05) is 0 Å². The molecule has 0 N–H and O–H groups in total. The van der Waals surface area contributed by atoms with Gasteiger partial charge in [0.05, 0.1) is 15.9 Å². The van der Waals surface area contributed by atoms with Gasteiger partial charge in [0.1, 0.15) is 17.6 Å². The molecule has 0 bridgehead atoms. The van der Waals surface area contributed by atoms with E-state index in [2.05, 4.69) is 51.1 Å². The predicted octanol–water partition coefficient (Wildman–Crippen LogP) is 4.05. The van der Waals surface area contributed by atoms with Gasteiger partial charge in [-0.3, -0.25) is 0 Å². The Bertz CT molecular complexity index is 455. The van der Waals surface area contributed by atoms with Crippen LogP contribution in [0.3, 0.4) is 0 Å². The van der Waals surface area contributed by atoms with Crippen molar-refractivity contribution in [1.82, 2.24) is 9.97 Å². The summed E-state index contributed by atoms with van der Waals surface area (Å²) in [6.07, 6.45) is -3.36. The molecule has 0 saturated carbocycles. The molecule has 0 saturated heterocycles. The smallest absolute Gasteiger partial charge is 0.372 e. The quantitative estimate of drug-likeness (QED) is 0.394. The van der Waals surface area contributed by atoms with E-state index in [9.17, 15) is 13.2 Å². The van der Waals surface area contributed by atoms with Crippen LogP contribution in [0.4, 0.5) is 13.2 Å². The van der Waals surface area contributed by atoms with Crippen LogP contribution in [0.15, 0.2) is 0 Å². The minimum Gasteiger partial charge on any atom is -0.372 e. The van der Waals surface area contributed by atoms with Gasteiger partial charge in [-0.25, -0.2) is 9.97 Å². The van der Waals surface area contributed by atoms with Gasteiger partial charge in [0.15, 0.2) is 0 Å². The summed E-state index contributed by atoms with van der Waals surface area (Å²) in [5, 5.41) is 0.335. The minimum atomic E-state index is -4.31. The second-order valence-corrected chi connectivity index (χ2v) is 6.14. The van der Waals surface area contributed by atoms with Crippen molar-refractivity contribution >= 4 is 34.2 Å². The monoisotopic (exact) mass is 422 g/mol. The molecule has 1 rings (SSSR count). The first-order valence-electron chi connectivity index (χ1n) is 6.04.